The van der Waals surface area contributed by atoms with E-state index >= 15 is 0 Å². The molecule has 0 bridgehead atoms. The van der Waals surface area contributed by atoms with E-state index in [2.05, 4.69) is 32.1 Å². The largest absolute Gasteiger partial charge is 0.381 e. The Balaban J connectivity index is 1.42. The summed E-state index contributed by atoms with van der Waals surface area (Å²) in [6.07, 6.45) is 3.14. The van der Waals surface area contributed by atoms with Gasteiger partial charge in [0.2, 0.25) is 0 Å². The van der Waals surface area contributed by atoms with E-state index in [1.54, 1.807) is 29.8 Å². The van der Waals surface area contributed by atoms with E-state index in [0.29, 0.717) is 44.7 Å². The number of piperidine rings is 1. The zero-order chi connectivity index (χ0) is 24.7. The normalized spacial score (nSPS) is 15.5. The van der Waals surface area contributed by atoms with Crippen LogP contribution < -0.4 is 10.9 Å². The van der Waals surface area contributed by atoms with Gasteiger partial charge in [0.15, 0.2) is 0 Å². The first-order valence-corrected chi connectivity index (χ1v) is 12.2. The molecule has 0 radical (unpaired) electrons. The zero-order valence-corrected chi connectivity index (χ0v) is 20.4. The summed E-state index contributed by atoms with van der Waals surface area (Å²) in [5.41, 5.74) is 2.52. The number of aromatic nitrogens is 4. The van der Waals surface area contributed by atoms with Crippen molar-refractivity contribution < 1.29 is 8.78 Å². The number of hydrogen-bond donors (Lipinski definition) is 2. The molecule has 7 nitrogen and oxygen atoms in total. The van der Waals surface area contributed by atoms with E-state index < -0.39 is 6.43 Å². The average Bonchev–Trinajstić information content (AvgIpc) is 3.21. The van der Waals surface area contributed by atoms with Gasteiger partial charge in [0, 0.05) is 43.5 Å². The Morgan fingerprint density at radius 2 is 1.97 bits per heavy atom. The van der Waals surface area contributed by atoms with Gasteiger partial charge in [-0.15, -0.1) is 0 Å². The molecule has 35 heavy (non-hydrogen) atoms. The molecule has 4 heterocycles. The van der Waals surface area contributed by atoms with Crippen LogP contribution in [0.25, 0.3) is 16.6 Å². The number of fused-ring (bicyclic) bond motifs is 2. The first-order valence-electron chi connectivity index (χ1n) is 11.8. The van der Waals surface area contributed by atoms with Gasteiger partial charge < -0.3 is 19.6 Å². The van der Waals surface area contributed by atoms with Crippen LogP contribution >= 0.6 is 11.6 Å². The summed E-state index contributed by atoms with van der Waals surface area (Å²) in [4.78, 5) is 27.1. The van der Waals surface area contributed by atoms with Gasteiger partial charge in [-0.1, -0.05) is 18.5 Å². The van der Waals surface area contributed by atoms with Gasteiger partial charge >= 0.3 is 0 Å². The fourth-order valence-electron chi connectivity index (χ4n) is 4.71. The maximum absolute atomic E-state index is 13.2. The highest BCUT2D eigenvalue weighted by Crippen LogP contribution is 2.28. The number of aromatic amines is 1. The van der Waals surface area contributed by atoms with Crippen molar-refractivity contribution in [1.29, 1.82) is 0 Å². The number of alkyl halides is 2. The molecule has 0 spiro atoms. The highest BCUT2D eigenvalue weighted by Gasteiger charge is 2.20. The topological polar surface area (TPSA) is 78.3 Å². The molecule has 1 aliphatic heterocycles. The van der Waals surface area contributed by atoms with E-state index in [1.807, 2.05) is 6.07 Å². The molecule has 1 saturated heterocycles. The highest BCUT2D eigenvalue weighted by atomic mass is 35.5. The minimum Gasteiger partial charge on any atom is -0.381 e. The third-order valence-electron chi connectivity index (χ3n) is 6.70. The van der Waals surface area contributed by atoms with Crippen LogP contribution in [-0.4, -0.2) is 49.9 Å². The number of likely N-dealkylation sites (tertiary alicyclic amines) is 1. The summed E-state index contributed by atoms with van der Waals surface area (Å²) in [7, 11) is 0. The lowest BCUT2D eigenvalue weighted by atomic mass is 10.0. The predicted octanol–water partition coefficient (Wildman–Crippen LogP) is 4.96. The number of nitrogens with zero attached hydrogens (tertiary/aromatic N) is 4. The smallest absolute Gasteiger partial charge is 0.264 e. The molecule has 5 rings (SSSR count). The number of H-pyrrole nitrogens is 1. The number of nitrogens with one attached hydrogen (secondary N) is 2. The molecule has 0 aliphatic carbocycles. The molecule has 0 atom stereocenters. The molecule has 10 heteroatoms. The van der Waals surface area contributed by atoms with Crippen molar-refractivity contribution in [3.8, 4) is 0 Å². The number of anilines is 1. The Morgan fingerprint density at radius 3 is 2.69 bits per heavy atom. The van der Waals surface area contributed by atoms with Crippen molar-refractivity contribution in [3.63, 3.8) is 0 Å². The molecule has 3 aromatic heterocycles. The van der Waals surface area contributed by atoms with Crippen molar-refractivity contribution in [2.75, 3.05) is 25.0 Å². The fourth-order valence-corrected chi connectivity index (χ4v) is 4.93. The van der Waals surface area contributed by atoms with Crippen LogP contribution in [0.3, 0.4) is 0 Å². The minimum absolute atomic E-state index is 0.0378. The van der Waals surface area contributed by atoms with Crippen molar-refractivity contribution in [2.24, 2.45) is 0 Å². The van der Waals surface area contributed by atoms with Crippen molar-refractivity contribution in [3.05, 3.63) is 68.6 Å². The number of rotatable bonds is 6. The molecule has 0 saturated carbocycles. The lowest BCUT2D eigenvalue weighted by Crippen LogP contribution is -2.38. The SMILES string of the molecule is CCN1CCC(Nc2cc3nc(Cc4cn5cc(C)c(C(F)F)cc5n4)[nH]c(=O)c3cc2Cl)CC1. The van der Waals surface area contributed by atoms with Crippen LogP contribution in [-0.2, 0) is 6.42 Å². The maximum atomic E-state index is 13.2. The van der Waals surface area contributed by atoms with Gasteiger partial charge in [-0.05, 0) is 50.1 Å². The van der Waals surface area contributed by atoms with Crippen molar-refractivity contribution in [2.45, 2.75) is 45.6 Å². The van der Waals surface area contributed by atoms with Crippen molar-refractivity contribution in [1.82, 2.24) is 24.3 Å². The number of pyridine rings is 1. The summed E-state index contributed by atoms with van der Waals surface area (Å²) < 4.78 is 28.2. The molecular formula is C25H27ClF2N6O. The molecule has 4 aromatic rings. The number of aryl methyl sites for hydroxylation is 1. The number of benzene rings is 1. The van der Waals surface area contributed by atoms with Gasteiger partial charge in [0.25, 0.3) is 12.0 Å². The van der Waals surface area contributed by atoms with Gasteiger partial charge in [-0.2, -0.15) is 0 Å². The Bertz CT molecular complexity index is 1440. The first-order chi connectivity index (χ1) is 16.8. The molecule has 1 aromatic carbocycles. The standard InChI is InChI=1S/C25H27ClF2N6O/c1-3-33-6-4-15(5-7-33)29-21-11-20-18(9-19(21)26)25(35)32-22(31-20)8-16-13-34-12-14(2)17(24(27)28)10-23(34)30-16/h9-13,15,24,29H,3-8H2,1-2H3,(H,31,32,35). The second-order valence-corrected chi connectivity index (χ2v) is 9.51. The van der Waals surface area contributed by atoms with E-state index in [1.165, 1.54) is 6.07 Å². The van der Waals surface area contributed by atoms with Crippen LogP contribution in [0.4, 0.5) is 14.5 Å². The second-order valence-electron chi connectivity index (χ2n) is 9.10. The Labute approximate surface area is 206 Å². The number of hydrogen-bond acceptors (Lipinski definition) is 5. The summed E-state index contributed by atoms with van der Waals surface area (Å²) in [6, 6.07) is 5.18. The molecule has 184 valence electrons. The Kier molecular flexibility index (Phi) is 6.46. The van der Waals surface area contributed by atoms with Gasteiger partial charge in [-0.25, -0.2) is 18.7 Å². The summed E-state index contributed by atoms with van der Waals surface area (Å²) in [5.74, 6) is 0.446. The highest BCUT2D eigenvalue weighted by molar-refractivity contribution is 6.34. The molecule has 1 fully saturated rings. The second kappa shape index (κ2) is 9.54. The Hall–Kier alpha value is -3.04. The lowest BCUT2D eigenvalue weighted by Gasteiger charge is -2.32. The van der Waals surface area contributed by atoms with Crippen LogP contribution in [0.2, 0.25) is 5.02 Å². The van der Waals surface area contributed by atoms with Crippen LogP contribution in [0.15, 0.2) is 35.4 Å². The van der Waals surface area contributed by atoms with Gasteiger partial charge in [0.1, 0.15) is 11.5 Å². The predicted molar refractivity (Wildman–Crippen MR) is 134 cm³/mol. The zero-order valence-electron chi connectivity index (χ0n) is 19.6. The van der Waals surface area contributed by atoms with Crippen molar-refractivity contribution >= 4 is 33.8 Å². The first kappa shape index (κ1) is 23.7. The average molecular weight is 501 g/mol. The number of halogens is 3. The molecule has 1 aliphatic rings. The molecule has 2 N–H and O–H groups in total. The third kappa shape index (κ3) is 4.88. The van der Waals surface area contributed by atoms with E-state index in [9.17, 15) is 13.6 Å². The summed E-state index contributed by atoms with van der Waals surface area (Å²) >= 11 is 6.49. The van der Waals surface area contributed by atoms with Crippen LogP contribution in [0.1, 0.15) is 48.8 Å². The van der Waals surface area contributed by atoms with E-state index in [0.717, 1.165) is 38.2 Å². The van der Waals surface area contributed by atoms with Crippen LogP contribution in [0, 0.1) is 6.92 Å². The number of imidazole rings is 1. The van der Waals surface area contributed by atoms with Crippen LogP contribution in [0.5, 0.6) is 0 Å². The third-order valence-corrected chi connectivity index (χ3v) is 7.02. The maximum Gasteiger partial charge on any atom is 0.264 e. The molecular weight excluding hydrogens is 474 g/mol. The lowest BCUT2D eigenvalue weighted by molar-refractivity contribution is 0.150. The fraction of sp³-hybridized carbons (Fsp3) is 0.400. The Morgan fingerprint density at radius 1 is 1.20 bits per heavy atom. The summed E-state index contributed by atoms with van der Waals surface area (Å²) in [5, 5.41) is 4.43. The molecule has 0 unspecified atom stereocenters. The monoisotopic (exact) mass is 500 g/mol. The van der Waals surface area contributed by atoms with Gasteiger partial charge in [0.05, 0.1) is 27.3 Å². The van der Waals surface area contributed by atoms with E-state index in [4.69, 9.17) is 11.6 Å². The molecule has 0 amide bonds. The summed E-state index contributed by atoms with van der Waals surface area (Å²) in [6.45, 7) is 6.95. The quantitative estimate of drug-likeness (QED) is 0.391. The minimum atomic E-state index is -2.56. The van der Waals surface area contributed by atoms with E-state index in [-0.39, 0.29) is 17.5 Å². The van der Waals surface area contributed by atoms with Gasteiger partial charge in [-0.3, -0.25) is 4.79 Å².